The molecule has 0 radical (unpaired) electrons. The lowest BCUT2D eigenvalue weighted by Crippen LogP contribution is -2.26. The number of ketones is 1. The van der Waals surface area contributed by atoms with Gasteiger partial charge in [-0.3, -0.25) is 9.59 Å². The largest absolute Gasteiger partial charge is 0.481 e. The molecule has 0 bridgehead atoms. The van der Waals surface area contributed by atoms with Crippen LogP contribution in [0.4, 0.5) is 0 Å². The van der Waals surface area contributed by atoms with E-state index >= 15 is 0 Å². The van der Waals surface area contributed by atoms with Crippen LogP contribution in [0.3, 0.4) is 0 Å². The molecule has 0 atom stereocenters. The van der Waals surface area contributed by atoms with E-state index in [9.17, 15) is 9.59 Å². The third-order valence-corrected chi connectivity index (χ3v) is 4.59. The molecule has 1 aliphatic carbocycles. The first-order chi connectivity index (χ1) is 11.8. The second-order valence-corrected chi connectivity index (χ2v) is 7.31. The van der Waals surface area contributed by atoms with Crippen molar-refractivity contribution >= 4 is 11.7 Å². The lowest BCUT2D eigenvalue weighted by molar-refractivity contribution is 0.0909. The van der Waals surface area contributed by atoms with Crippen LogP contribution < -0.4 is 10.1 Å². The minimum atomic E-state index is -0.215. The number of hydrogen-bond donors (Lipinski definition) is 2. The van der Waals surface area contributed by atoms with Crippen molar-refractivity contribution in [3.8, 4) is 5.88 Å². The van der Waals surface area contributed by atoms with E-state index in [1.807, 2.05) is 13.0 Å². The molecule has 0 aliphatic heterocycles. The fourth-order valence-electron chi connectivity index (χ4n) is 3.40. The number of pyridine rings is 1. The molecule has 2 aromatic rings. The number of hydrogen-bond acceptors (Lipinski definition) is 4. The van der Waals surface area contributed by atoms with E-state index in [0.29, 0.717) is 30.1 Å². The molecule has 6 nitrogen and oxygen atoms in total. The van der Waals surface area contributed by atoms with Gasteiger partial charge in [-0.15, -0.1) is 0 Å². The van der Waals surface area contributed by atoms with Crippen molar-refractivity contribution < 1.29 is 14.3 Å². The maximum absolute atomic E-state index is 12.6. The number of amides is 1. The van der Waals surface area contributed by atoms with Gasteiger partial charge in [0.1, 0.15) is 5.69 Å². The summed E-state index contributed by atoms with van der Waals surface area (Å²) in [6, 6.07) is 3.60. The van der Waals surface area contributed by atoms with Gasteiger partial charge in [0.15, 0.2) is 5.78 Å². The molecule has 6 heteroatoms. The summed E-state index contributed by atoms with van der Waals surface area (Å²) < 4.78 is 5.08. The second kappa shape index (κ2) is 6.35. The number of aromatic nitrogens is 2. The Balaban J connectivity index is 1.78. The van der Waals surface area contributed by atoms with E-state index in [0.717, 1.165) is 23.2 Å². The number of carbonyl (C=O) groups excluding carboxylic acids is 2. The Hall–Kier alpha value is -2.63. The summed E-state index contributed by atoms with van der Waals surface area (Å²) in [5.74, 6) is 0.400. The van der Waals surface area contributed by atoms with Crippen LogP contribution in [-0.4, -0.2) is 28.8 Å². The molecule has 0 fully saturated rings. The Morgan fingerprint density at radius 3 is 2.88 bits per heavy atom. The Morgan fingerprint density at radius 2 is 2.16 bits per heavy atom. The van der Waals surface area contributed by atoms with Crippen molar-refractivity contribution in [2.45, 2.75) is 40.2 Å². The molecule has 0 unspecified atom stereocenters. The van der Waals surface area contributed by atoms with Gasteiger partial charge in [0.2, 0.25) is 5.88 Å². The predicted octanol–water partition coefficient (Wildman–Crippen LogP) is 2.81. The van der Waals surface area contributed by atoms with Gasteiger partial charge in [0, 0.05) is 36.5 Å². The number of fused-ring (bicyclic) bond motifs is 1. The van der Waals surface area contributed by atoms with Crippen molar-refractivity contribution in [3.63, 3.8) is 0 Å². The highest BCUT2D eigenvalue weighted by molar-refractivity contribution is 6.04. The van der Waals surface area contributed by atoms with Crippen LogP contribution in [0.5, 0.6) is 5.88 Å². The van der Waals surface area contributed by atoms with Crippen LogP contribution >= 0.6 is 0 Å². The number of nitrogens with zero attached hydrogens (tertiary/aromatic N) is 1. The number of rotatable bonds is 4. The number of nitrogens with one attached hydrogen (secondary N) is 2. The summed E-state index contributed by atoms with van der Waals surface area (Å²) in [7, 11) is 1.55. The van der Waals surface area contributed by atoms with E-state index in [4.69, 9.17) is 4.74 Å². The van der Waals surface area contributed by atoms with E-state index in [1.165, 1.54) is 0 Å². The number of H-pyrrole nitrogens is 1. The minimum Gasteiger partial charge on any atom is -0.481 e. The molecule has 3 rings (SSSR count). The molecule has 2 heterocycles. The first-order valence-electron chi connectivity index (χ1n) is 8.32. The van der Waals surface area contributed by atoms with Gasteiger partial charge in [-0.2, -0.15) is 0 Å². The summed E-state index contributed by atoms with van der Waals surface area (Å²) in [5.41, 5.74) is 3.58. The minimum absolute atomic E-state index is 0.0806. The number of aromatic amines is 1. The van der Waals surface area contributed by atoms with Crippen LogP contribution in [0, 0.1) is 12.3 Å². The average molecular weight is 341 g/mol. The maximum atomic E-state index is 12.6. The number of Topliss-reactive ketones (excluding diaryl/α,β-unsaturated/α-hetero) is 1. The highest BCUT2D eigenvalue weighted by atomic mass is 16.5. The zero-order valence-corrected chi connectivity index (χ0v) is 15.0. The molecule has 2 aromatic heterocycles. The van der Waals surface area contributed by atoms with E-state index < -0.39 is 0 Å². The van der Waals surface area contributed by atoms with Crippen LogP contribution in [0.2, 0.25) is 0 Å². The topological polar surface area (TPSA) is 84.1 Å². The van der Waals surface area contributed by atoms with Crippen LogP contribution in [0.25, 0.3) is 0 Å². The van der Waals surface area contributed by atoms with Gasteiger partial charge < -0.3 is 15.0 Å². The summed E-state index contributed by atoms with van der Waals surface area (Å²) in [6.07, 6.45) is 2.92. The number of ether oxygens (including phenoxy) is 1. The Morgan fingerprint density at radius 1 is 1.40 bits per heavy atom. The Labute approximate surface area is 147 Å². The SMILES string of the molecule is COc1cc(CNC(=O)c2[nH]c3c(c2C)C(=O)CC(C)(C)C3)ccn1. The van der Waals surface area contributed by atoms with Gasteiger partial charge in [-0.1, -0.05) is 13.8 Å². The molecular weight excluding hydrogens is 318 g/mol. The first kappa shape index (κ1) is 17.2. The van der Waals surface area contributed by atoms with Crippen molar-refractivity contribution in [3.05, 3.63) is 46.4 Å². The molecule has 0 saturated heterocycles. The molecule has 2 N–H and O–H groups in total. The highest BCUT2D eigenvalue weighted by Crippen LogP contribution is 2.36. The summed E-state index contributed by atoms with van der Waals surface area (Å²) in [6.45, 7) is 6.33. The fraction of sp³-hybridized carbons (Fsp3) is 0.421. The third kappa shape index (κ3) is 3.43. The number of methoxy groups -OCH3 is 1. The summed E-state index contributed by atoms with van der Waals surface area (Å²) in [4.78, 5) is 32.2. The molecule has 1 aliphatic rings. The maximum Gasteiger partial charge on any atom is 0.268 e. The van der Waals surface area contributed by atoms with Crippen molar-refractivity contribution in [2.24, 2.45) is 5.41 Å². The average Bonchev–Trinajstić information content (AvgIpc) is 2.88. The van der Waals surface area contributed by atoms with E-state index in [-0.39, 0.29) is 17.1 Å². The molecule has 132 valence electrons. The monoisotopic (exact) mass is 341 g/mol. The van der Waals surface area contributed by atoms with Crippen LogP contribution in [0.1, 0.15) is 57.9 Å². The first-order valence-corrected chi connectivity index (χ1v) is 8.32. The Bertz CT molecular complexity index is 836. The van der Waals surface area contributed by atoms with Crippen molar-refractivity contribution in [1.29, 1.82) is 0 Å². The lowest BCUT2D eigenvalue weighted by Gasteiger charge is -2.28. The molecule has 0 aromatic carbocycles. The van der Waals surface area contributed by atoms with Gasteiger partial charge >= 0.3 is 0 Å². The predicted molar refractivity (Wildman–Crippen MR) is 93.9 cm³/mol. The Kier molecular flexibility index (Phi) is 4.37. The van der Waals surface area contributed by atoms with Crippen molar-refractivity contribution in [1.82, 2.24) is 15.3 Å². The smallest absolute Gasteiger partial charge is 0.268 e. The quantitative estimate of drug-likeness (QED) is 0.895. The van der Waals surface area contributed by atoms with E-state index in [1.54, 1.807) is 19.4 Å². The fourth-order valence-corrected chi connectivity index (χ4v) is 3.40. The van der Waals surface area contributed by atoms with Crippen LogP contribution in [0.15, 0.2) is 18.3 Å². The van der Waals surface area contributed by atoms with Crippen LogP contribution in [-0.2, 0) is 13.0 Å². The molecule has 0 saturated carbocycles. The van der Waals surface area contributed by atoms with Crippen molar-refractivity contribution in [2.75, 3.05) is 7.11 Å². The van der Waals surface area contributed by atoms with E-state index in [2.05, 4.69) is 29.1 Å². The third-order valence-electron chi connectivity index (χ3n) is 4.59. The highest BCUT2D eigenvalue weighted by Gasteiger charge is 2.35. The lowest BCUT2D eigenvalue weighted by atomic mass is 9.75. The summed E-state index contributed by atoms with van der Waals surface area (Å²) in [5, 5.41) is 2.89. The zero-order chi connectivity index (χ0) is 18.2. The molecule has 1 amide bonds. The van der Waals surface area contributed by atoms with Gasteiger partial charge in [0.25, 0.3) is 5.91 Å². The van der Waals surface area contributed by atoms with Gasteiger partial charge in [-0.25, -0.2) is 4.98 Å². The molecule has 25 heavy (non-hydrogen) atoms. The standard InChI is InChI=1S/C19H23N3O3/c1-11-16-13(8-19(2,3)9-14(16)23)22-17(11)18(24)21-10-12-5-6-20-15(7-12)25-4/h5-7,22H,8-10H2,1-4H3,(H,21,24). The zero-order valence-electron chi connectivity index (χ0n) is 15.0. The van der Waals surface area contributed by atoms with Gasteiger partial charge in [-0.05, 0) is 36.0 Å². The number of carbonyl (C=O) groups is 2. The second-order valence-electron chi connectivity index (χ2n) is 7.31. The molecule has 0 spiro atoms. The summed E-state index contributed by atoms with van der Waals surface area (Å²) >= 11 is 0. The van der Waals surface area contributed by atoms with Gasteiger partial charge in [0.05, 0.1) is 7.11 Å². The normalized spacial score (nSPS) is 15.6. The molecular formula is C19H23N3O3.